The predicted molar refractivity (Wildman–Crippen MR) is 86.3 cm³/mol. The first-order valence-corrected chi connectivity index (χ1v) is 6.99. The van der Waals surface area contributed by atoms with Gasteiger partial charge in [-0.05, 0) is 36.4 Å². The zero-order valence-corrected chi connectivity index (χ0v) is 12.5. The molecule has 6 nitrogen and oxygen atoms in total. The van der Waals surface area contributed by atoms with Crippen molar-refractivity contribution in [3.63, 3.8) is 0 Å². The number of hydrogen-bond donors (Lipinski definition) is 2. The lowest BCUT2D eigenvalue weighted by molar-refractivity contribution is -0.574. The van der Waals surface area contributed by atoms with E-state index in [1.807, 2.05) is 0 Å². The number of halogens is 1. The van der Waals surface area contributed by atoms with E-state index in [4.69, 9.17) is 18.0 Å². The van der Waals surface area contributed by atoms with Crippen LogP contribution < -0.4 is 26.6 Å². The monoisotopic (exact) mass is 328 g/mol. The van der Waals surface area contributed by atoms with Gasteiger partial charge in [0.25, 0.3) is 0 Å². The molecule has 0 aliphatic carbocycles. The van der Waals surface area contributed by atoms with Crippen LogP contribution in [-0.2, 0) is 0 Å². The summed E-state index contributed by atoms with van der Waals surface area (Å²) >= 11 is 4.88. The second-order valence-corrected chi connectivity index (χ2v) is 5.07. The van der Waals surface area contributed by atoms with Crippen LogP contribution in [0.1, 0.15) is 0 Å². The fraction of sp³-hybridized carbons (Fsp3) is 0. The highest BCUT2D eigenvalue weighted by Gasteiger charge is 2.28. The summed E-state index contributed by atoms with van der Waals surface area (Å²) in [6.07, 6.45) is 3.19. The Bertz CT molecular complexity index is 946. The largest absolute Gasteiger partial charge is 0.372 e. The molecule has 3 aromatic rings. The number of nitrogens with two attached hydrogens (primary N) is 1. The molecule has 0 aliphatic rings. The molecule has 0 fully saturated rings. The summed E-state index contributed by atoms with van der Waals surface area (Å²) in [7, 11) is 0. The molecule has 3 rings (SSSR count). The number of thiocarbonyl (C=S) groups is 1. The topological polar surface area (TPSA) is 84.2 Å². The molecule has 0 radical (unpaired) electrons. The van der Waals surface area contributed by atoms with Crippen LogP contribution in [0.15, 0.2) is 58.7 Å². The van der Waals surface area contributed by atoms with Crippen LogP contribution in [0.5, 0.6) is 0 Å². The van der Waals surface area contributed by atoms with Crippen LogP contribution in [0.25, 0.3) is 11.3 Å². The third kappa shape index (κ3) is 2.84. The minimum absolute atomic E-state index is 0.0883. The molecular weight excluding hydrogens is 317 g/mol. The lowest BCUT2D eigenvalue weighted by Crippen LogP contribution is -2.73. The van der Waals surface area contributed by atoms with Gasteiger partial charge in [0.05, 0.1) is 11.9 Å². The number of aromatic nitrogens is 2. The average Bonchev–Trinajstić information content (AvgIpc) is 2.54. The highest BCUT2D eigenvalue weighted by molar-refractivity contribution is 7.79. The SMILES string of the molecule is NC(=S)[n+]1c(-c2ccc(F)cc2)/c(=N\Nc2cccnc2)c1=O. The Labute approximate surface area is 135 Å². The molecule has 114 valence electrons. The van der Waals surface area contributed by atoms with Crippen LogP contribution in [-0.4, -0.2) is 10.1 Å². The van der Waals surface area contributed by atoms with Crippen molar-refractivity contribution in [2.75, 3.05) is 5.43 Å². The average molecular weight is 328 g/mol. The standard InChI is InChI=1S/C15H10FN5OS/c16-10-5-3-9(4-6-10)13-12(14(22)21(13)15(17)23)20-19-11-2-1-7-18-8-11/h1-8H,(H2,17,23)/p+1. The highest BCUT2D eigenvalue weighted by Crippen LogP contribution is 2.12. The van der Waals surface area contributed by atoms with E-state index < -0.39 is 5.56 Å². The van der Waals surface area contributed by atoms with Gasteiger partial charge in [-0.25, -0.2) is 9.18 Å². The molecule has 2 aromatic heterocycles. The maximum atomic E-state index is 13.1. The van der Waals surface area contributed by atoms with E-state index in [0.717, 1.165) is 4.57 Å². The summed E-state index contributed by atoms with van der Waals surface area (Å²) in [5, 5.41) is 4.16. The zero-order valence-electron chi connectivity index (χ0n) is 11.7. The second-order valence-electron chi connectivity index (χ2n) is 4.65. The first-order valence-electron chi connectivity index (χ1n) is 6.59. The third-order valence-corrected chi connectivity index (χ3v) is 3.33. The van der Waals surface area contributed by atoms with Crippen molar-refractivity contribution in [1.29, 1.82) is 0 Å². The van der Waals surface area contributed by atoms with E-state index in [9.17, 15) is 9.18 Å². The molecule has 0 spiro atoms. The van der Waals surface area contributed by atoms with Crippen molar-refractivity contribution in [1.82, 2.24) is 4.98 Å². The van der Waals surface area contributed by atoms with E-state index in [0.29, 0.717) is 16.9 Å². The number of hydrogen-bond acceptors (Lipinski definition) is 5. The normalized spacial score (nSPS) is 11.6. The van der Waals surface area contributed by atoms with Crippen molar-refractivity contribution in [2.24, 2.45) is 10.8 Å². The van der Waals surface area contributed by atoms with E-state index in [2.05, 4.69) is 15.5 Å². The van der Waals surface area contributed by atoms with E-state index in [-0.39, 0.29) is 16.3 Å². The van der Waals surface area contributed by atoms with Crippen molar-refractivity contribution < 1.29 is 8.96 Å². The van der Waals surface area contributed by atoms with Gasteiger partial charge in [0.1, 0.15) is 5.82 Å². The minimum atomic E-state index is -0.423. The van der Waals surface area contributed by atoms with Crippen LogP contribution >= 0.6 is 12.2 Å². The number of benzene rings is 1. The Kier molecular flexibility index (Phi) is 3.90. The van der Waals surface area contributed by atoms with E-state index in [1.54, 1.807) is 24.5 Å². The van der Waals surface area contributed by atoms with Gasteiger partial charge in [0, 0.05) is 24.0 Å². The number of nitrogens with zero attached hydrogens (tertiary/aromatic N) is 3. The summed E-state index contributed by atoms with van der Waals surface area (Å²) in [6.45, 7) is 0. The Balaban J connectivity index is 2.07. The van der Waals surface area contributed by atoms with Gasteiger partial charge < -0.3 is 0 Å². The molecule has 0 atom stereocenters. The zero-order chi connectivity index (χ0) is 16.4. The molecule has 0 saturated heterocycles. The van der Waals surface area contributed by atoms with Gasteiger partial charge in [0.2, 0.25) is 5.36 Å². The molecule has 23 heavy (non-hydrogen) atoms. The summed E-state index contributed by atoms with van der Waals surface area (Å²) in [4.78, 5) is 16.1. The van der Waals surface area contributed by atoms with Crippen LogP contribution in [0, 0.1) is 5.82 Å². The van der Waals surface area contributed by atoms with Crippen LogP contribution in [0.2, 0.25) is 0 Å². The molecule has 0 bridgehead atoms. The Morgan fingerprint density at radius 2 is 2.04 bits per heavy atom. The molecule has 0 aliphatic heterocycles. The van der Waals surface area contributed by atoms with Gasteiger partial charge >= 0.3 is 10.7 Å². The number of pyridine rings is 1. The van der Waals surface area contributed by atoms with Crippen molar-refractivity contribution >= 4 is 23.0 Å². The molecule has 0 saturated carbocycles. The summed E-state index contributed by atoms with van der Waals surface area (Å²) in [6, 6.07) is 9.12. The Morgan fingerprint density at radius 3 is 2.65 bits per heavy atom. The Hall–Kier alpha value is -3.00. The van der Waals surface area contributed by atoms with Crippen LogP contribution in [0.4, 0.5) is 10.1 Å². The quantitative estimate of drug-likeness (QED) is 0.414. The number of rotatable bonds is 3. The van der Waals surface area contributed by atoms with Crippen LogP contribution in [0.3, 0.4) is 0 Å². The fourth-order valence-electron chi connectivity index (χ4n) is 2.10. The predicted octanol–water partition coefficient (Wildman–Crippen LogP) is 0.431. The molecule has 8 heteroatoms. The first-order chi connectivity index (χ1) is 11.1. The maximum Gasteiger partial charge on any atom is 0.372 e. The van der Waals surface area contributed by atoms with Crippen molar-refractivity contribution in [3.05, 3.63) is 70.3 Å². The second kappa shape index (κ2) is 6.01. The fourth-order valence-corrected chi connectivity index (χ4v) is 2.27. The van der Waals surface area contributed by atoms with Crippen molar-refractivity contribution in [3.8, 4) is 11.3 Å². The smallest absolute Gasteiger partial charge is 0.276 e. The molecular formula is C15H11FN5OS+. The third-order valence-electron chi connectivity index (χ3n) is 3.15. The van der Waals surface area contributed by atoms with E-state index >= 15 is 0 Å². The molecule has 3 N–H and O–H groups in total. The molecule has 0 unspecified atom stereocenters. The summed E-state index contributed by atoms with van der Waals surface area (Å²) in [5.74, 6) is -0.381. The molecule has 0 amide bonds. The number of nitrogens with one attached hydrogen (secondary N) is 1. The lowest BCUT2D eigenvalue weighted by atomic mass is 10.1. The van der Waals surface area contributed by atoms with Gasteiger partial charge in [-0.1, -0.05) is 0 Å². The minimum Gasteiger partial charge on any atom is -0.276 e. The first kappa shape index (κ1) is 14.9. The van der Waals surface area contributed by atoms with E-state index in [1.165, 1.54) is 24.3 Å². The lowest BCUT2D eigenvalue weighted by Gasteiger charge is -2.08. The van der Waals surface area contributed by atoms with Gasteiger partial charge in [-0.15, -0.1) is 4.57 Å². The summed E-state index contributed by atoms with van der Waals surface area (Å²) < 4.78 is 14.2. The molecule has 1 aromatic carbocycles. The highest BCUT2D eigenvalue weighted by atomic mass is 32.1. The van der Waals surface area contributed by atoms with Crippen molar-refractivity contribution in [2.45, 2.75) is 0 Å². The maximum absolute atomic E-state index is 13.1. The summed E-state index contributed by atoms with van der Waals surface area (Å²) in [5.41, 5.74) is 9.54. The van der Waals surface area contributed by atoms with Gasteiger partial charge in [-0.3, -0.25) is 16.1 Å². The molecule has 2 heterocycles. The van der Waals surface area contributed by atoms with Gasteiger partial charge in [0.15, 0.2) is 5.69 Å². The number of anilines is 1. The van der Waals surface area contributed by atoms with Gasteiger partial charge in [-0.2, -0.15) is 5.10 Å². The Morgan fingerprint density at radius 1 is 1.30 bits per heavy atom.